The van der Waals surface area contributed by atoms with Gasteiger partial charge in [0.05, 0.1) is 11.6 Å². The van der Waals surface area contributed by atoms with E-state index in [-0.39, 0.29) is 0 Å². The Hall–Kier alpha value is -1.39. The highest BCUT2D eigenvalue weighted by atomic mass is 32.1. The molecule has 0 radical (unpaired) electrons. The molecule has 1 aromatic carbocycles. The van der Waals surface area contributed by atoms with Gasteiger partial charge in [0.1, 0.15) is 5.75 Å². The minimum Gasteiger partial charge on any atom is -0.493 e. The summed E-state index contributed by atoms with van der Waals surface area (Å²) >= 11 is 1.71. The Kier molecular flexibility index (Phi) is 3.30. The summed E-state index contributed by atoms with van der Waals surface area (Å²) in [6.45, 7) is 0.815. The van der Waals surface area contributed by atoms with Gasteiger partial charge in [-0.2, -0.15) is 0 Å². The molecule has 3 nitrogen and oxygen atoms in total. The highest BCUT2D eigenvalue weighted by Crippen LogP contribution is 2.29. The summed E-state index contributed by atoms with van der Waals surface area (Å²) in [5, 5.41) is 6.57. The first-order valence-corrected chi connectivity index (χ1v) is 7.06. The van der Waals surface area contributed by atoms with Crippen LogP contribution >= 0.6 is 11.3 Å². The molecule has 1 aromatic heterocycles. The van der Waals surface area contributed by atoms with Crippen LogP contribution in [0.1, 0.15) is 22.2 Å². The Balaban J connectivity index is 1.83. The molecule has 0 saturated heterocycles. The van der Waals surface area contributed by atoms with Crippen molar-refractivity contribution in [3.63, 3.8) is 0 Å². The van der Waals surface area contributed by atoms with Crippen molar-refractivity contribution in [2.24, 2.45) is 0 Å². The van der Waals surface area contributed by atoms with Crippen LogP contribution in [0.25, 0.3) is 0 Å². The van der Waals surface area contributed by atoms with Crippen molar-refractivity contribution in [1.29, 1.82) is 0 Å². The van der Waals surface area contributed by atoms with Gasteiger partial charge >= 0.3 is 0 Å². The third-order valence-electron chi connectivity index (χ3n) is 3.33. The summed E-state index contributed by atoms with van der Waals surface area (Å²) in [6, 6.07) is 6.82. The van der Waals surface area contributed by atoms with E-state index in [0.717, 1.165) is 25.2 Å². The third-order valence-corrected chi connectivity index (χ3v) is 4.13. The van der Waals surface area contributed by atoms with Crippen LogP contribution in [0.5, 0.6) is 5.75 Å². The molecule has 2 aromatic rings. The van der Waals surface area contributed by atoms with E-state index in [9.17, 15) is 0 Å². The molecule has 1 aliphatic heterocycles. The number of nitrogens with one attached hydrogen (secondary N) is 1. The van der Waals surface area contributed by atoms with Crippen LogP contribution in [0.2, 0.25) is 0 Å². The highest BCUT2D eigenvalue weighted by Gasteiger charge is 2.16. The molecule has 0 saturated carbocycles. The number of hydrogen-bond donors (Lipinski definition) is 1. The van der Waals surface area contributed by atoms with Gasteiger partial charge in [-0.1, -0.05) is 12.1 Å². The molecule has 0 fully saturated rings. The van der Waals surface area contributed by atoms with Gasteiger partial charge in [-0.25, -0.2) is 4.98 Å². The van der Waals surface area contributed by atoms with Crippen LogP contribution in [0.15, 0.2) is 29.8 Å². The fraction of sp³-hybridized carbons (Fsp3) is 0.357. The summed E-state index contributed by atoms with van der Waals surface area (Å²) in [4.78, 5) is 4.36. The number of thiazole rings is 1. The number of ether oxygens (including phenoxy) is 1. The predicted octanol–water partition coefficient (Wildman–Crippen LogP) is 2.58. The summed E-state index contributed by atoms with van der Waals surface area (Å²) in [7, 11) is 2.00. The number of fused-ring (bicyclic) bond motifs is 1. The van der Waals surface area contributed by atoms with Gasteiger partial charge in [0.2, 0.25) is 0 Å². The first-order valence-electron chi connectivity index (χ1n) is 6.18. The van der Waals surface area contributed by atoms with E-state index in [0.29, 0.717) is 6.04 Å². The molecule has 18 heavy (non-hydrogen) atoms. The van der Waals surface area contributed by atoms with Gasteiger partial charge in [0.25, 0.3) is 0 Å². The fourth-order valence-corrected chi connectivity index (χ4v) is 3.00. The molecule has 2 heterocycles. The molecule has 3 rings (SSSR count). The van der Waals surface area contributed by atoms with Gasteiger partial charge in [0.15, 0.2) is 0 Å². The largest absolute Gasteiger partial charge is 0.493 e. The zero-order chi connectivity index (χ0) is 12.4. The second-order valence-electron chi connectivity index (χ2n) is 4.44. The summed E-state index contributed by atoms with van der Waals surface area (Å²) in [5.41, 5.74) is 2.64. The second kappa shape index (κ2) is 5.08. The maximum atomic E-state index is 5.54. The summed E-state index contributed by atoms with van der Waals surface area (Å²) in [6.07, 6.45) is 3.83. The van der Waals surface area contributed by atoms with Crippen LogP contribution in [0.4, 0.5) is 0 Å². The minimum absolute atomic E-state index is 0.321. The summed E-state index contributed by atoms with van der Waals surface area (Å²) < 4.78 is 5.54. The Labute approximate surface area is 111 Å². The predicted molar refractivity (Wildman–Crippen MR) is 73.3 cm³/mol. The molecule has 1 atom stereocenters. The van der Waals surface area contributed by atoms with E-state index in [1.165, 1.54) is 16.1 Å². The Morgan fingerprint density at radius 2 is 2.44 bits per heavy atom. The van der Waals surface area contributed by atoms with Crippen LogP contribution in [-0.2, 0) is 12.8 Å². The molecule has 0 aliphatic carbocycles. The average Bonchev–Trinajstić information content (AvgIpc) is 3.06. The highest BCUT2D eigenvalue weighted by molar-refractivity contribution is 7.09. The molecular formula is C14H16N2OS. The SMILES string of the molecule is CNC(Cc1nccs1)c1ccc2c(c1)CCO2. The number of likely N-dealkylation sites (N-methyl/N-ethyl adjacent to an activating group) is 1. The van der Waals surface area contributed by atoms with Crippen molar-refractivity contribution < 1.29 is 4.74 Å². The molecule has 1 N–H and O–H groups in total. The van der Waals surface area contributed by atoms with E-state index in [1.807, 2.05) is 18.6 Å². The van der Waals surface area contributed by atoms with Gasteiger partial charge < -0.3 is 10.1 Å². The van der Waals surface area contributed by atoms with Gasteiger partial charge in [0, 0.05) is 30.5 Å². The lowest BCUT2D eigenvalue weighted by molar-refractivity contribution is 0.356. The van der Waals surface area contributed by atoms with Crippen molar-refractivity contribution in [1.82, 2.24) is 10.3 Å². The average molecular weight is 260 g/mol. The van der Waals surface area contributed by atoms with E-state index < -0.39 is 0 Å². The fourth-order valence-electron chi connectivity index (χ4n) is 2.34. The van der Waals surface area contributed by atoms with Crippen LogP contribution in [-0.4, -0.2) is 18.6 Å². The van der Waals surface area contributed by atoms with E-state index in [1.54, 1.807) is 11.3 Å². The molecule has 0 bridgehead atoms. The molecule has 1 unspecified atom stereocenters. The van der Waals surface area contributed by atoms with Crippen molar-refractivity contribution in [3.8, 4) is 5.75 Å². The normalized spacial score (nSPS) is 15.2. The third kappa shape index (κ3) is 2.26. The van der Waals surface area contributed by atoms with Crippen molar-refractivity contribution in [2.75, 3.05) is 13.7 Å². The molecule has 94 valence electrons. The summed E-state index contributed by atoms with van der Waals surface area (Å²) in [5.74, 6) is 1.04. The van der Waals surface area contributed by atoms with Crippen LogP contribution in [0.3, 0.4) is 0 Å². The molecule has 4 heteroatoms. The zero-order valence-corrected chi connectivity index (χ0v) is 11.2. The molecule has 1 aliphatic rings. The minimum atomic E-state index is 0.321. The second-order valence-corrected chi connectivity index (χ2v) is 5.42. The topological polar surface area (TPSA) is 34.2 Å². The zero-order valence-electron chi connectivity index (χ0n) is 10.3. The standard InChI is InChI=1S/C14H16N2OS/c1-15-12(9-14-16-5-7-18-14)10-2-3-13-11(8-10)4-6-17-13/h2-3,5,7-8,12,15H,4,6,9H2,1H3. The van der Waals surface area contributed by atoms with E-state index >= 15 is 0 Å². The van der Waals surface area contributed by atoms with Crippen molar-refractivity contribution in [2.45, 2.75) is 18.9 Å². The smallest absolute Gasteiger partial charge is 0.122 e. The first-order chi connectivity index (χ1) is 8.86. The van der Waals surface area contributed by atoms with E-state index in [2.05, 4.69) is 28.5 Å². The van der Waals surface area contributed by atoms with Crippen LogP contribution in [0, 0.1) is 0 Å². The van der Waals surface area contributed by atoms with Crippen molar-refractivity contribution >= 4 is 11.3 Å². The molecule has 0 amide bonds. The molecule has 0 spiro atoms. The van der Waals surface area contributed by atoms with Crippen molar-refractivity contribution in [3.05, 3.63) is 45.9 Å². The lowest BCUT2D eigenvalue weighted by Gasteiger charge is -2.16. The number of nitrogens with zero attached hydrogens (tertiary/aromatic N) is 1. The number of hydrogen-bond acceptors (Lipinski definition) is 4. The Morgan fingerprint density at radius 3 is 3.22 bits per heavy atom. The monoisotopic (exact) mass is 260 g/mol. The first kappa shape index (κ1) is 11.7. The number of aromatic nitrogens is 1. The van der Waals surface area contributed by atoms with E-state index in [4.69, 9.17) is 4.74 Å². The van der Waals surface area contributed by atoms with Crippen LogP contribution < -0.4 is 10.1 Å². The maximum Gasteiger partial charge on any atom is 0.122 e. The Morgan fingerprint density at radius 1 is 1.50 bits per heavy atom. The number of rotatable bonds is 4. The number of benzene rings is 1. The Bertz CT molecular complexity index is 525. The molecular weight excluding hydrogens is 244 g/mol. The quantitative estimate of drug-likeness (QED) is 0.917. The maximum absolute atomic E-state index is 5.54. The lowest BCUT2D eigenvalue weighted by atomic mass is 10.0. The lowest BCUT2D eigenvalue weighted by Crippen LogP contribution is -2.18. The van der Waals surface area contributed by atoms with Gasteiger partial charge in [-0.3, -0.25) is 0 Å². The van der Waals surface area contributed by atoms with Gasteiger partial charge in [-0.05, 0) is 24.2 Å². The van der Waals surface area contributed by atoms with Gasteiger partial charge in [-0.15, -0.1) is 11.3 Å².